The van der Waals surface area contributed by atoms with Crippen LogP contribution in [0, 0.1) is 0 Å². The Balaban J connectivity index is 2.25. The molecule has 0 N–H and O–H groups in total. The van der Waals surface area contributed by atoms with Gasteiger partial charge in [-0.15, -0.1) is 11.3 Å². The fraction of sp³-hybridized carbons (Fsp3) is 0.250. The van der Waals surface area contributed by atoms with Crippen molar-refractivity contribution in [1.29, 1.82) is 0 Å². The van der Waals surface area contributed by atoms with Crippen LogP contribution in [-0.4, -0.2) is 11.6 Å². The van der Waals surface area contributed by atoms with Gasteiger partial charge >= 0.3 is 0 Å². The van der Waals surface area contributed by atoms with Crippen molar-refractivity contribution >= 4 is 11.3 Å². The zero-order chi connectivity index (χ0) is 10.5. The van der Waals surface area contributed by atoms with Gasteiger partial charge in [-0.25, -0.2) is 4.98 Å². The zero-order valence-electron chi connectivity index (χ0n) is 8.64. The molecule has 0 atom stereocenters. The van der Waals surface area contributed by atoms with Crippen molar-refractivity contribution < 1.29 is 4.74 Å². The highest BCUT2D eigenvalue weighted by atomic mass is 32.1. The number of benzene rings is 1. The number of rotatable bonds is 4. The highest BCUT2D eigenvalue weighted by Crippen LogP contribution is 2.32. The summed E-state index contributed by atoms with van der Waals surface area (Å²) in [7, 11) is 0. The number of thiazole rings is 1. The maximum atomic E-state index is 5.58. The second-order valence-electron chi connectivity index (χ2n) is 3.20. The molecule has 0 aliphatic rings. The summed E-state index contributed by atoms with van der Waals surface area (Å²) in [5.41, 5.74) is 3.00. The third kappa shape index (κ3) is 2.36. The molecule has 3 heteroatoms. The van der Waals surface area contributed by atoms with Gasteiger partial charge in [0.05, 0.1) is 17.0 Å². The summed E-state index contributed by atoms with van der Waals surface area (Å²) in [6.07, 6.45) is 1.01. The monoisotopic (exact) mass is 219 g/mol. The van der Waals surface area contributed by atoms with Crippen LogP contribution in [0.15, 0.2) is 35.8 Å². The Kier molecular flexibility index (Phi) is 3.35. The van der Waals surface area contributed by atoms with Crippen molar-refractivity contribution in [2.24, 2.45) is 0 Å². The van der Waals surface area contributed by atoms with Gasteiger partial charge in [-0.2, -0.15) is 0 Å². The van der Waals surface area contributed by atoms with E-state index in [1.54, 1.807) is 11.3 Å². The summed E-state index contributed by atoms with van der Waals surface area (Å²) in [6.45, 7) is 2.82. The molecule has 1 aromatic carbocycles. The van der Waals surface area contributed by atoms with Gasteiger partial charge in [0.15, 0.2) is 0 Å². The van der Waals surface area contributed by atoms with Gasteiger partial charge in [0.2, 0.25) is 5.88 Å². The quantitative estimate of drug-likeness (QED) is 0.783. The van der Waals surface area contributed by atoms with E-state index < -0.39 is 0 Å². The fourth-order valence-corrected chi connectivity index (χ4v) is 2.06. The van der Waals surface area contributed by atoms with Crippen molar-refractivity contribution in [3.05, 3.63) is 35.8 Å². The van der Waals surface area contributed by atoms with Crippen LogP contribution in [0.2, 0.25) is 0 Å². The maximum absolute atomic E-state index is 5.58. The molecule has 0 fully saturated rings. The summed E-state index contributed by atoms with van der Waals surface area (Å²) >= 11 is 1.62. The molecule has 15 heavy (non-hydrogen) atoms. The van der Waals surface area contributed by atoms with Crippen LogP contribution in [0.4, 0.5) is 0 Å². The Morgan fingerprint density at radius 1 is 1.27 bits per heavy atom. The van der Waals surface area contributed by atoms with E-state index in [4.69, 9.17) is 4.74 Å². The van der Waals surface area contributed by atoms with Gasteiger partial charge in [0.1, 0.15) is 0 Å². The van der Waals surface area contributed by atoms with Crippen molar-refractivity contribution in [3.8, 4) is 16.3 Å². The predicted octanol–water partition coefficient (Wildman–Crippen LogP) is 3.60. The highest BCUT2D eigenvalue weighted by Gasteiger charge is 2.08. The molecular weight excluding hydrogens is 206 g/mol. The molecule has 1 heterocycles. The van der Waals surface area contributed by atoms with E-state index in [1.807, 2.05) is 23.7 Å². The summed E-state index contributed by atoms with van der Waals surface area (Å²) in [6, 6.07) is 10.2. The molecule has 0 spiro atoms. The Labute approximate surface area is 93.6 Å². The second-order valence-corrected chi connectivity index (χ2v) is 4.06. The first-order valence-electron chi connectivity index (χ1n) is 5.03. The highest BCUT2D eigenvalue weighted by molar-refractivity contribution is 7.13. The van der Waals surface area contributed by atoms with Crippen molar-refractivity contribution in [1.82, 2.24) is 4.98 Å². The van der Waals surface area contributed by atoms with Gasteiger partial charge in [0.25, 0.3) is 0 Å². The average Bonchev–Trinajstić information content (AvgIpc) is 2.75. The summed E-state index contributed by atoms with van der Waals surface area (Å²) in [5.74, 6) is 0.757. The third-order valence-corrected chi connectivity index (χ3v) is 2.87. The smallest absolute Gasteiger partial charge is 0.232 e. The van der Waals surface area contributed by atoms with E-state index in [1.165, 1.54) is 5.56 Å². The molecule has 2 aromatic rings. The minimum absolute atomic E-state index is 0.726. The molecule has 0 saturated heterocycles. The fourth-order valence-electron chi connectivity index (χ4n) is 1.32. The lowest BCUT2D eigenvalue weighted by molar-refractivity contribution is 0.308. The van der Waals surface area contributed by atoms with Crippen LogP contribution in [0.1, 0.15) is 13.3 Å². The SMILES string of the molecule is CCCOc1ncsc1-c1ccccc1. The summed E-state index contributed by atoms with van der Waals surface area (Å²) in [5, 5.41) is 0. The van der Waals surface area contributed by atoms with E-state index in [-0.39, 0.29) is 0 Å². The van der Waals surface area contributed by atoms with Crippen LogP contribution in [0.5, 0.6) is 5.88 Å². The maximum Gasteiger partial charge on any atom is 0.232 e. The molecule has 0 saturated carbocycles. The summed E-state index contributed by atoms with van der Waals surface area (Å²) in [4.78, 5) is 5.34. The molecule has 1 aromatic heterocycles. The number of nitrogens with zero attached hydrogens (tertiary/aromatic N) is 1. The van der Waals surface area contributed by atoms with Gasteiger partial charge in [-0.1, -0.05) is 37.3 Å². The predicted molar refractivity (Wildman–Crippen MR) is 63.3 cm³/mol. The number of hydrogen-bond donors (Lipinski definition) is 0. The van der Waals surface area contributed by atoms with E-state index in [9.17, 15) is 0 Å². The Morgan fingerprint density at radius 3 is 2.80 bits per heavy atom. The molecule has 2 rings (SSSR count). The molecule has 0 aliphatic carbocycles. The Morgan fingerprint density at radius 2 is 2.07 bits per heavy atom. The van der Waals surface area contributed by atoms with E-state index >= 15 is 0 Å². The van der Waals surface area contributed by atoms with Crippen molar-refractivity contribution in [3.63, 3.8) is 0 Å². The van der Waals surface area contributed by atoms with Gasteiger partial charge < -0.3 is 4.74 Å². The van der Waals surface area contributed by atoms with Crippen LogP contribution in [-0.2, 0) is 0 Å². The van der Waals surface area contributed by atoms with Crippen LogP contribution in [0.25, 0.3) is 10.4 Å². The first-order valence-corrected chi connectivity index (χ1v) is 5.91. The van der Waals surface area contributed by atoms with Gasteiger partial charge in [0, 0.05) is 0 Å². The summed E-state index contributed by atoms with van der Waals surface area (Å²) < 4.78 is 5.58. The molecule has 0 aliphatic heterocycles. The minimum atomic E-state index is 0.726. The first kappa shape index (κ1) is 10.2. The number of aromatic nitrogens is 1. The van der Waals surface area contributed by atoms with Gasteiger partial charge in [-0.05, 0) is 12.0 Å². The van der Waals surface area contributed by atoms with Crippen LogP contribution < -0.4 is 4.74 Å². The molecular formula is C12H13NOS. The molecule has 2 nitrogen and oxygen atoms in total. The second kappa shape index (κ2) is 4.94. The average molecular weight is 219 g/mol. The topological polar surface area (TPSA) is 22.1 Å². The first-order chi connectivity index (χ1) is 7.42. The van der Waals surface area contributed by atoms with E-state index in [0.717, 1.165) is 23.8 Å². The standard InChI is InChI=1S/C12H13NOS/c1-2-8-14-12-11(15-9-13-12)10-6-4-3-5-7-10/h3-7,9H,2,8H2,1H3. The lowest BCUT2D eigenvalue weighted by Gasteiger charge is -2.03. The number of ether oxygens (including phenoxy) is 1. The van der Waals surface area contributed by atoms with Gasteiger partial charge in [-0.3, -0.25) is 0 Å². The lowest BCUT2D eigenvalue weighted by atomic mass is 10.2. The normalized spacial score (nSPS) is 10.2. The molecule has 0 radical (unpaired) electrons. The molecule has 0 amide bonds. The number of hydrogen-bond acceptors (Lipinski definition) is 3. The van der Waals surface area contributed by atoms with Crippen molar-refractivity contribution in [2.75, 3.05) is 6.61 Å². The van der Waals surface area contributed by atoms with Crippen molar-refractivity contribution in [2.45, 2.75) is 13.3 Å². The van der Waals surface area contributed by atoms with E-state index in [2.05, 4.69) is 24.0 Å². The molecule has 0 bridgehead atoms. The zero-order valence-corrected chi connectivity index (χ0v) is 9.46. The molecule has 0 unspecified atom stereocenters. The lowest BCUT2D eigenvalue weighted by Crippen LogP contribution is -1.95. The minimum Gasteiger partial charge on any atom is -0.477 e. The van der Waals surface area contributed by atoms with E-state index in [0.29, 0.717) is 0 Å². The Bertz CT molecular complexity index is 411. The largest absolute Gasteiger partial charge is 0.477 e. The molecule has 78 valence electrons. The van der Waals surface area contributed by atoms with Crippen LogP contribution in [0.3, 0.4) is 0 Å². The third-order valence-electron chi connectivity index (χ3n) is 2.01. The van der Waals surface area contributed by atoms with Crippen LogP contribution >= 0.6 is 11.3 Å². The Hall–Kier alpha value is -1.35.